The molecule has 1 rings (SSSR count). The summed E-state index contributed by atoms with van der Waals surface area (Å²) < 4.78 is 22.9. The quantitative estimate of drug-likeness (QED) is 0.712. The molecule has 1 heterocycles. The van der Waals surface area contributed by atoms with Gasteiger partial charge in [-0.3, -0.25) is 9.59 Å². The van der Waals surface area contributed by atoms with Crippen molar-refractivity contribution in [3.63, 3.8) is 0 Å². The topological polar surface area (TPSA) is 83.6 Å². The highest BCUT2D eigenvalue weighted by Gasteiger charge is 2.33. The monoisotopic (exact) mass is 276 g/mol. The Morgan fingerprint density at radius 3 is 2.56 bits per heavy atom. The SMILES string of the molecule is CCCC1C(=O)NCC(=O)N1CCS(=O)(=O)CC. The van der Waals surface area contributed by atoms with Crippen molar-refractivity contribution >= 4 is 21.7 Å². The van der Waals surface area contributed by atoms with Crippen molar-refractivity contribution in [1.29, 1.82) is 0 Å². The molecule has 0 aromatic heterocycles. The number of sulfone groups is 1. The molecule has 1 fully saturated rings. The number of rotatable bonds is 6. The molecule has 104 valence electrons. The number of nitrogens with one attached hydrogen (secondary N) is 1. The minimum atomic E-state index is -3.12. The molecule has 0 spiro atoms. The van der Waals surface area contributed by atoms with Crippen LogP contribution in [0.4, 0.5) is 0 Å². The van der Waals surface area contributed by atoms with E-state index in [1.54, 1.807) is 6.92 Å². The predicted octanol–water partition coefficient (Wildman–Crippen LogP) is -0.452. The first kappa shape index (κ1) is 14.9. The van der Waals surface area contributed by atoms with Crippen LogP contribution in [0.5, 0.6) is 0 Å². The number of carbonyl (C=O) groups excluding carboxylic acids is 2. The number of nitrogens with zero attached hydrogens (tertiary/aromatic N) is 1. The number of piperazine rings is 1. The van der Waals surface area contributed by atoms with Gasteiger partial charge >= 0.3 is 0 Å². The van der Waals surface area contributed by atoms with E-state index in [9.17, 15) is 18.0 Å². The molecule has 0 aromatic rings. The van der Waals surface area contributed by atoms with Gasteiger partial charge in [0.1, 0.15) is 6.04 Å². The molecule has 1 aliphatic rings. The Balaban J connectivity index is 2.74. The molecular formula is C11H20N2O4S. The van der Waals surface area contributed by atoms with Crippen molar-refractivity contribution in [2.45, 2.75) is 32.7 Å². The Kier molecular flexibility index (Phi) is 5.13. The summed E-state index contributed by atoms with van der Waals surface area (Å²) in [6, 6.07) is -0.525. The molecule has 6 nitrogen and oxygen atoms in total. The minimum Gasteiger partial charge on any atom is -0.345 e. The van der Waals surface area contributed by atoms with Gasteiger partial charge in [0.2, 0.25) is 11.8 Å². The van der Waals surface area contributed by atoms with Crippen molar-refractivity contribution in [3.8, 4) is 0 Å². The second-order valence-electron chi connectivity index (χ2n) is 4.35. The van der Waals surface area contributed by atoms with Gasteiger partial charge in [-0.2, -0.15) is 0 Å². The van der Waals surface area contributed by atoms with Gasteiger partial charge in [-0.05, 0) is 6.42 Å². The highest BCUT2D eigenvalue weighted by molar-refractivity contribution is 7.91. The fourth-order valence-corrected chi connectivity index (χ4v) is 2.68. The van der Waals surface area contributed by atoms with Crippen LogP contribution in [0.15, 0.2) is 0 Å². The first-order valence-electron chi connectivity index (χ1n) is 6.19. The van der Waals surface area contributed by atoms with E-state index in [-0.39, 0.29) is 36.4 Å². The smallest absolute Gasteiger partial charge is 0.243 e. The molecule has 1 N–H and O–H groups in total. The summed E-state index contributed by atoms with van der Waals surface area (Å²) in [6.45, 7) is 3.56. The molecule has 0 radical (unpaired) electrons. The lowest BCUT2D eigenvalue weighted by Gasteiger charge is -2.34. The highest BCUT2D eigenvalue weighted by Crippen LogP contribution is 2.12. The molecule has 0 aromatic carbocycles. The van der Waals surface area contributed by atoms with Crippen LogP contribution in [-0.2, 0) is 19.4 Å². The van der Waals surface area contributed by atoms with Crippen molar-refractivity contribution in [2.75, 3.05) is 24.6 Å². The molecule has 18 heavy (non-hydrogen) atoms. The fraction of sp³-hybridized carbons (Fsp3) is 0.818. The summed E-state index contributed by atoms with van der Waals surface area (Å²) in [6.07, 6.45) is 1.33. The van der Waals surface area contributed by atoms with Gasteiger partial charge in [0.05, 0.1) is 12.3 Å². The van der Waals surface area contributed by atoms with Crippen molar-refractivity contribution in [3.05, 3.63) is 0 Å². The summed E-state index contributed by atoms with van der Waals surface area (Å²) in [4.78, 5) is 24.8. The summed E-state index contributed by atoms with van der Waals surface area (Å²) >= 11 is 0. The average molecular weight is 276 g/mol. The van der Waals surface area contributed by atoms with E-state index in [0.717, 1.165) is 6.42 Å². The van der Waals surface area contributed by atoms with Gasteiger partial charge in [-0.25, -0.2) is 8.42 Å². The zero-order valence-corrected chi connectivity index (χ0v) is 11.6. The van der Waals surface area contributed by atoms with Gasteiger partial charge in [0, 0.05) is 12.3 Å². The summed E-state index contributed by atoms with van der Waals surface area (Å²) in [5, 5.41) is 2.53. The van der Waals surface area contributed by atoms with E-state index in [1.165, 1.54) is 4.90 Å². The molecule has 1 saturated heterocycles. The van der Waals surface area contributed by atoms with E-state index >= 15 is 0 Å². The molecule has 1 atom stereocenters. The third-order valence-corrected chi connectivity index (χ3v) is 4.74. The van der Waals surface area contributed by atoms with Gasteiger partial charge in [0.15, 0.2) is 9.84 Å². The van der Waals surface area contributed by atoms with Crippen LogP contribution in [0.25, 0.3) is 0 Å². The number of amides is 2. The average Bonchev–Trinajstić information content (AvgIpc) is 2.33. The Morgan fingerprint density at radius 1 is 1.33 bits per heavy atom. The molecule has 1 unspecified atom stereocenters. The standard InChI is InChI=1S/C11H20N2O4S/c1-3-5-9-11(15)12-8-10(14)13(9)6-7-18(16,17)4-2/h9H,3-8H2,1-2H3,(H,12,15). The van der Waals surface area contributed by atoms with E-state index in [2.05, 4.69) is 5.32 Å². The zero-order valence-electron chi connectivity index (χ0n) is 10.8. The van der Waals surface area contributed by atoms with E-state index in [1.807, 2.05) is 6.92 Å². The van der Waals surface area contributed by atoms with Gasteiger partial charge in [-0.1, -0.05) is 20.3 Å². The molecule has 0 saturated carbocycles. The van der Waals surface area contributed by atoms with Crippen LogP contribution in [0.2, 0.25) is 0 Å². The van der Waals surface area contributed by atoms with E-state index in [4.69, 9.17) is 0 Å². The molecule has 2 amide bonds. The predicted molar refractivity (Wildman–Crippen MR) is 67.7 cm³/mol. The van der Waals surface area contributed by atoms with E-state index in [0.29, 0.717) is 6.42 Å². The maximum atomic E-state index is 11.7. The van der Waals surface area contributed by atoms with Gasteiger partial charge in [-0.15, -0.1) is 0 Å². The van der Waals surface area contributed by atoms with Crippen molar-refractivity contribution in [2.24, 2.45) is 0 Å². The number of carbonyl (C=O) groups is 2. The second-order valence-corrected chi connectivity index (χ2v) is 6.82. The van der Waals surface area contributed by atoms with Crippen LogP contribution >= 0.6 is 0 Å². The first-order valence-corrected chi connectivity index (χ1v) is 8.01. The van der Waals surface area contributed by atoms with Crippen molar-refractivity contribution < 1.29 is 18.0 Å². The molecular weight excluding hydrogens is 256 g/mol. The number of hydrogen-bond acceptors (Lipinski definition) is 4. The lowest BCUT2D eigenvalue weighted by atomic mass is 10.1. The second kappa shape index (κ2) is 6.17. The van der Waals surface area contributed by atoms with E-state index < -0.39 is 15.9 Å². The van der Waals surface area contributed by atoms with Crippen LogP contribution in [0, 0.1) is 0 Å². The molecule has 0 bridgehead atoms. The maximum absolute atomic E-state index is 11.7. The van der Waals surface area contributed by atoms with Crippen LogP contribution in [-0.4, -0.2) is 55.8 Å². The summed E-state index contributed by atoms with van der Waals surface area (Å²) in [5.41, 5.74) is 0. The minimum absolute atomic E-state index is 0.0365. The third-order valence-electron chi connectivity index (χ3n) is 3.06. The lowest BCUT2D eigenvalue weighted by molar-refractivity contribution is -0.145. The molecule has 1 aliphatic heterocycles. The Bertz CT molecular complexity index is 419. The lowest BCUT2D eigenvalue weighted by Crippen LogP contribution is -2.59. The summed E-state index contributed by atoms with van der Waals surface area (Å²) in [5.74, 6) is -0.424. The van der Waals surface area contributed by atoms with Crippen LogP contribution in [0.3, 0.4) is 0 Å². The normalized spacial score (nSPS) is 21.0. The fourth-order valence-electron chi connectivity index (χ4n) is 1.92. The first-order chi connectivity index (χ1) is 8.41. The Hall–Kier alpha value is -1.11. The Morgan fingerprint density at radius 2 is 2.00 bits per heavy atom. The maximum Gasteiger partial charge on any atom is 0.243 e. The number of hydrogen-bond donors (Lipinski definition) is 1. The third kappa shape index (κ3) is 3.69. The largest absolute Gasteiger partial charge is 0.345 e. The zero-order chi connectivity index (χ0) is 13.8. The highest BCUT2D eigenvalue weighted by atomic mass is 32.2. The summed E-state index contributed by atoms with van der Waals surface area (Å²) in [7, 11) is -3.12. The van der Waals surface area contributed by atoms with Crippen LogP contribution in [0.1, 0.15) is 26.7 Å². The van der Waals surface area contributed by atoms with Crippen molar-refractivity contribution in [1.82, 2.24) is 10.2 Å². The Labute approximate surface area is 108 Å². The molecule has 7 heteroatoms. The van der Waals surface area contributed by atoms with Gasteiger partial charge in [0.25, 0.3) is 0 Å². The van der Waals surface area contributed by atoms with Gasteiger partial charge < -0.3 is 10.2 Å². The molecule has 0 aliphatic carbocycles. The van der Waals surface area contributed by atoms with Crippen LogP contribution < -0.4 is 5.32 Å².